The summed E-state index contributed by atoms with van der Waals surface area (Å²) in [4.78, 5) is 47.1. The lowest BCUT2D eigenvalue weighted by Gasteiger charge is -2.32. The second kappa shape index (κ2) is 11.6. The summed E-state index contributed by atoms with van der Waals surface area (Å²) in [6.45, 7) is 17.0. The first-order valence-corrected chi connectivity index (χ1v) is 13.9. The first kappa shape index (κ1) is 28.9. The minimum absolute atomic E-state index is 0.00208. The minimum Gasteiger partial charge on any atom is -0.444 e. The summed E-state index contributed by atoms with van der Waals surface area (Å²) in [6.07, 6.45) is 0.924. The van der Waals surface area contributed by atoms with Crippen molar-refractivity contribution in [1.29, 1.82) is 0 Å². The highest BCUT2D eigenvalue weighted by Gasteiger charge is 2.32. The molecule has 0 bridgehead atoms. The molecular weight excluding hydrogens is 502 g/mol. The van der Waals surface area contributed by atoms with Crippen molar-refractivity contribution in [3.8, 4) is 0 Å². The molecule has 0 spiro atoms. The molecule has 0 radical (unpaired) electrons. The highest BCUT2D eigenvalue weighted by atomic mass is 16.6. The van der Waals surface area contributed by atoms with Gasteiger partial charge in [-0.2, -0.15) is 15.0 Å². The zero-order chi connectivity index (χ0) is 28.4. The molecule has 0 aromatic carbocycles. The molecule has 1 aromatic heterocycles. The van der Waals surface area contributed by atoms with Crippen LogP contribution in [-0.4, -0.2) is 125 Å². The van der Waals surface area contributed by atoms with Crippen LogP contribution in [0.5, 0.6) is 0 Å². The lowest BCUT2D eigenvalue weighted by molar-refractivity contribution is 0.0283. The van der Waals surface area contributed by atoms with Gasteiger partial charge in [-0.1, -0.05) is 0 Å². The Bertz CT molecular complexity index is 951. The van der Waals surface area contributed by atoms with E-state index in [0.717, 1.165) is 39.0 Å². The van der Waals surface area contributed by atoms with Crippen LogP contribution in [0.25, 0.3) is 0 Å². The van der Waals surface area contributed by atoms with E-state index in [1.54, 1.807) is 9.80 Å². The standard InChI is InChI=1S/C26H45N9O4/c1-25(2,3)38-23(36)34-10-8-18(16-34)27-20-29-21(31-22(30-20)33-14-12-32(7)13-15-33)28-19-9-11-35(17-19)24(37)39-26(4,5)6/h18-19H,8-17H2,1-7H3,(H2,27,28,29,30,31)/t18-,19-/m1/s1. The van der Waals surface area contributed by atoms with Gasteiger partial charge in [0.15, 0.2) is 0 Å². The number of anilines is 3. The SMILES string of the molecule is CN1CCN(c2nc(N[C@@H]3CCN(C(=O)OC(C)(C)C)C3)nc(N[C@@H]3CCN(C(=O)OC(C)(C)C)C3)n2)CC1. The molecule has 4 rings (SSSR count). The molecule has 39 heavy (non-hydrogen) atoms. The Balaban J connectivity index is 1.44. The van der Waals surface area contributed by atoms with E-state index in [2.05, 4.69) is 32.5 Å². The van der Waals surface area contributed by atoms with Gasteiger partial charge in [0.25, 0.3) is 0 Å². The van der Waals surface area contributed by atoms with Gasteiger partial charge in [0.1, 0.15) is 11.2 Å². The molecule has 1 aromatic rings. The summed E-state index contributed by atoms with van der Waals surface area (Å²) in [6, 6.07) is 0.00416. The number of carbonyl (C=O) groups is 2. The monoisotopic (exact) mass is 547 g/mol. The van der Waals surface area contributed by atoms with Crippen molar-refractivity contribution in [3.05, 3.63) is 0 Å². The normalized spacial score (nSPS) is 22.7. The van der Waals surface area contributed by atoms with E-state index in [4.69, 9.17) is 19.4 Å². The molecule has 3 saturated heterocycles. The quantitative estimate of drug-likeness (QED) is 0.564. The summed E-state index contributed by atoms with van der Waals surface area (Å²) in [5.41, 5.74) is -1.07. The van der Waals surface area contributed by atoms with E-state index in [9.17, 15) is 9.59 Å². The van der Waals surface area contributed by atoms with Crippen LogP contribution in [0.3, 0.4) is 0 Å². The Labute approximate surface area is 231 Å². The smallest absolute Gasteiger partial charge is 0.410 e. The molecule has 13 heteroatoms. The summed E-state index contributed by atoms with van der Waals surface area (Å²) in [5, 5.41) is 6.84. The number of hydrogen-bond acceptors (Lipinski definition) is 11. The summed E-state index contributed by atoms with van der Waals surface area (Å²) in [7, 11) is 2.11. The Hall–Kier alpha value is -3.09. The van der Waals surface area contributed by atoms with Crippen LogP contribution in [-0.2, 0) is 9.47 Å². The highest BCUT2D eigenvalue weighted by molar-refractivity contribution is 5.69. The molecule has 3 aliphatic heterocycles. The highest BCUT2D eigenvalue weighted by Crippen LogP contribution is 2.22. The molecule has 3 fully saturated rings. The van der Waals surface area contributed by atoms with Gasteiger partial charge >= 0.3 is 12.2 Å². The number of hydrogen-bond donors (Lipinski definition) is 2. The zero-order valence-electron chi connectivity index (χ0n) is 24.5. The molecule has 0 saturated carbocycles. The topological polar surface area (TPSA) is 128 Å². The van der Waals surface area contributed by atoms with E-state index in [1.807, 2.05) is 41.5 Å². The number of amides is 2. The van der Waals surface area contributed by atoms with Gasteiger partial charge in [0.2, 0.25) is 17.8 Å². The molecule has 13 nitrogen and oxygen atoms in total. The lowest BCUT2D eigenvalue weighted by atomic mass is 10.2. The fourth-order valence-electron chi connectivity index (χ4n) is 4.75. The minimum atomic E-state index is -0.534. The Kier molecular flexibility index (Phi) is 8.57. The van der Waals surface area contributed by atoms with E-state index < -0.39 is 11.2 Å². The molecular formula is C26H45N9O4. The first-order chi connectivity index (χ1) is 18.2. The molecule has 2 N–H and O–H groups in total. The average molecular weight is 548 g/mol. The number of likely N-dealkylation sites (N-methyl/N-ethyl adjacent to an activating group) is 1. The van der Waals surface area contributed by atoms with Crippen molar-refractivity contribution in [3.63, 3.8) is 0 Å². The van der Waals surface area contributed by atoms with Crippen LogP contribution in [0.1, 0.15) is 54.4 Å². The predicted molar refractivity (Wildman–Crippen MR) is 149 cm³/mol. The van der Waals surface area contributed by atoms with E-state index in [0.29, 0.717) is 44.0 Å². The molecule has 3 aliphatic rings. The van der Waals surface area contributed by atoms with Crippen molar-refractivity contribution in [1.82, 2.24) is 29.7 Å². The second-order valence-electron chi connectivity index (χ2n) is 12.7. The maximum atomic E-state index is 12.5. The number of carbonyl (C=O) groups excluding carboxylic acids is 2. The van der Waals surface area contributed by atoms with Gasteiger partial charge in [0, 0.05) is 64.4 Å². The van der Waals surface area contributed by atoms with Crippen LogP contribution in [0.4, 0.5) is 27.4 Å². The number of aromatic nitrogens is 3. The van der Waals surface area contributed by atoms with Gasteiger partial charge in [-0.15, -0.1) is 0 Å². The van der Waals surface area contributed by atoms with Crippen LogP contribution in [0, 0.1) is 0 Å². The Morgan fingerprint density at radius 1 is 0.718 bits per heavy atom. The largest absolute Gasteiger partial charge is 0.444 e. The third-order valence-corrected chi connectivity index (χ3v) is 6.76. The number of nitrogens with one attached hydrogen (secondary N) is 2. The maximum Gasteiger partial charge on any atom is 0.410 e. The van der Waals surface area contributed by atoms with Crippen LogP contribution >= 0.6 is 0 Å². The number of rotatable bonds is 5. The van der Waals surface area contributed by atoms with Crippen molar-refractivity contribution < 1.29 is 19.1 Å². The molecule has 218 valence electrons. The number of piperazine rings is 1. The molecule has 2 atom stereocenters. The fourth-order valence-corrected chi connectivity index (χ4v) is 4.75. The summed E-state index contributed by atoms with van der Waals surface area (Å²) < 4.78 is 11.1. The van der Waals surface area contributed by atoms with Crippen molar-refractivity contribution >= 4 is 30.0 Å². The maximum absolute atomic E-state index is 12.5. The summed E-state index contributed by atoms with van der Waals surface area (Å²) in [5.74, 6) is 1.56. The van der Waals surface area contributed by atoms with Gasteiger partial charge in [-0.05, 0) is 61.4 Å². The fraction of sp³-hybridized carbons (Fsp3) is 0.808. The molecule has 0 unspecified atom stereocenters. The van der Waals surface area contributed by atoms with Crippen molar-refractivity contribution in [2.75, 3.05) is 74.9 Å². The van der Waals surface area contributed by atoms with Gasteiger partial charge in [-0.3, -0.25) is 0 Å². The summed E-state index contributed by atoms with van der Waals surface area (Å²) >= 11 is 0. The molecule has 2 amide bonds. The zero-order valence-corrected chi connectivity index (χ0v) is 24.5. The van der Waals surface area contributed by atoms with Gasteiger partial charge in [0.05, 0.1) is 0 Å². The predicted octanol–water partition coefficient (Wildman–Crippen LogP) is 2.47. The number of ether oxygens (including phenoxy) is 2. The van der Waals surface area contributed by atoms with E-state index in [1.165, 1.54) is 0 Å². The first-order valence-electron chi connectivity index (χ1n) is 13.9. The van der Waals surface area contributed by atoms with Crippen molar-refractivity contribution in [2.24, 2.45) is 0 Å². The van der Waals surface area contributed by atoms with Gasteiger partial charge < -0.3 is 39.7 Å². The number of likely N-dealkylation sites (tertiary alicyclic amines) is 2. The van der Waals surface area contributed by atoms with E-state index >= 15 is 0 Å². The Morgan fingerprint density at radius 3 is 1.56 bits per heavy atom. The van der Waals surface area contributed by atoms with Gasteiger partial charge in [-0.25, -0.2) is 9.59 Å². The molecule has 0 aliphatic carbocycles. The molecule has 4 heterocycles. The third kappa shape index (κ3) is 8.45. The Morgan fingerprint density at radius 2 is 1.15 bits per heavy atom. The van der Waals surface area contributed by atoms with Crippen LogP contribution in [0.2, 0.25) is 0 Å². The van der Waals surface area contributed by atoms with E-state index in [-0.39, 0.29) is 24.3 Å². The average Bonchev–Trinajstić information content (AvgIpc) is 3.47. The third-order valence-electron chi connectivity index (χ3n) is 6.76. The second-order valence-corrected chi connectivity index (χ2v) is 12.7. The van der Waals surface area contributed by atoms with Crippen LogP contribution < -0.4 is 15.5 Å². The lowest BCUT2D eigenvalue weighted by Crippen LogP contribution is -2.45. The van der Waals surface area contributed by atoms with Crippen LogP contribution in [0.15, 0.2) is 0 Å². The number of nitrogens with zero attached hydrogens (tertiary/aromatic N) is 7. The van der Waals surface area contributed by atoms with Crippen molar-refractivity contribution in [2.45, 2.75) is 77.7 Å².